The van der Waals surface area contributed by atoms with Crippen molar-refractivity contribution in [2.45, 2.75) is 105 Å². The molecule has 0 spiro atoms. The summed E-state index contributed by atoms with van der Waals surface area (Å²) in [6.45, 7) is 15.0. The molecule has 4 unspecified atom stereocenters. The Kier molecular flexibility index (Phi) is 11.8. The van der Waals surface area contributed by atoms with E-state index < -0.39 is 29.7 Å². The maximum atomic E-state index is 13.8. The number of rotatable bonds is 11. The highest BCUT2D eigenvalue weighted by Crippen LogP contribution is 2.25. The zero-order chi connectivity index (χ0) is 26.8. The third-order valence-electron chi connectivity index (χ3n) is 5.85. The molecule has 1 aromatic carbocycles. The van der Waals surface area contributed by atoms with Crippen LogP contribution in [0.25, 0.3) is 0 Å². The van der Waals surface area contributed by atoms with Crippen molar-refractivity contribution in [3.63, 3.8) is 0 Å². The summed E-state index contributed by atoms with van der Waals surface area (Å²) in [6, 6.07) is 7.86. The summed E-state index contributed by atoms with van der Waals surface area (Å²) in [4.78, 5) is 40.8. The van der Waals surface area contributed by atoms with Crippen LogP contribution >= 0.6 is 0 Å². The van der Waals surface area contributed by atoms with E-state index in [9.17, 15) is 14.4 Å². The molecule has 1 rings (SSSR count). The molecule has 0 aliphatic rings. The van der Waals surface area contributed by atoms with Gasteiger partial charge in [-0.1, -0.05) is 71.2 Å². The lowest BCUT2D eigenvalue weighted by molar-refractivity contribution is -0.139. The third-order valence-corrected chi connectivity index (χ3v) is 5.85. The summed E-state index contributed by atoms with van der Waals surface area (Å²) < 4.78 is 5.37. The SMILES string of the molecule is C#CN(C(=O)C(NC(=O)OC(C)(C)C)C(C)CC)C(C(=O)NC(C)CCC)c1ccc(CC)cc1. The van der Waals surface area contributed by atoms with E-state index in [2.05, 4.69) is 16.7 Å². The Hall–Kier alpha value is -3.01. The molecule has 0 aromatic heterocycles. The fraction of sp³-hybridized carbons (Fsp3) is 0.607. The van der Waals surface area contributed by atoms with Crippen molar-refractivity contribution in [3.8, 4) is 12.5 Å². The van der Waals surface area contributed by atoms with Crippen molar-refractivity contribution in [2.24, 2.45) is 5.92 Å². The van der Waals surface area contributed by atoms with Gasteiger partial charge in [-0.05, 0) is 57.6 Å². The van der Waals surface area contributed by atoms with E-state index in [0.29, 0.717) is 12.0 Å². The fourth-order valence-electron chi connectivity index (χ4n) is 3.71. The number of hydrogen-bond acceptors (Lipinski definition) is 4. The summed E-state index contributed by atoms with van der Waals surface area (Å²) in [5.74, 6) is -1.13. The topological polar surface area (TPSA) is 87.7 Å². The van der Waals surface area contributed by atoms with Gasteiger partial charge in [0.1, 0.15) is 17.7 Å². The normalized spacial score (nSPS) is 14.6. The minimum atomic E-state index is -1.04. The summed E-state index contributed by atoms with van der Waals surface area (Å²) in [5.41, 5.74) is 0.988. The van der Waals surface area contributed by atoms with Gasteiger partial charge in [-0.15, -0.1) is 0 Å². The first-order chi connectivity index (χ1) is 16.4. The fourth-order valence-corrected chi connectivity index (χ4v) is 3.71. The van der Waals surface area contributed by atoms with Crippen molar-refractivity contribution >= 4 is 17.9 Å². The van der Waals surface area contributed by atoms with E-state index in [-0.39, 0.29) is 17.9 Å². The molecule has 0 fully saturated rings. The lowest BCUT2D eigenvalue weighted by Crippen LogP contribution is -2.54. The van der Waals surface area contributed by atoms with Gasteiger partial charge in [0.2, 0.25) is 5.91 Å². The van der Waals surface area contributed by atoms with Crippen LogP contribution in [0.15, 0.2) is 24.3 Å². The Bertz CT molecular complexity index is 883. The number of aryl methyl sites for hydroxylation is 1. The number of nitrogens with zero attached hydrogens (tertiary/aromatic N) is 1. The number of alkyl carbamates (subject to hydrolysis) is 1. The van der Waals surface area contributed by atoms with Gasteiger partial charge in [-0.2, -0.15) is 0 Å². The second-order valence-electron chi connectivity index (χ2n) is 10.0. The molecule has 35 heavy (non-hydrogen) atoms. The monoisotopic (exact) mass is 485 g/mol. The quantitative estimate of drug-likeness (QED) is 0.343. The Morgan fingerprint density at radius 1 is 1.06 bits per heavy atom. The van der Waals surface area contributed by atoms with E-state index in [1.807, 2.05) is 58.9 Å². The lowest BCUT2D eigenvalue weighted by Gasteiger charge is -2.33. The highest BCUT2D eigenvalue weighted by atomic mass is 16.6. The van der Waals surface area contributed by atoms with Gasteiger partial charge >= 0.3 is 6.09 Å². The minimum absolute atomic E-state index is 0.0788. The average Bonchev–Trinajstić information content (AvgIpc) is 2.79. The van der Waals surface area contributed by atoms with Crippen molar-refractivity contribution in [1.29, 1.82) is 0 Å². The largest absolute Gasteiger partial charge is 0.444 e. The third kappa shape index (κ3) is 9.28. The number of carbonyl (C=O) groups excluding carboxylic acids is 3. The molecule has 0 saturated heterocycles. The Balaban J connectivity index is 3.41. The van der Waals surface area contributed by atoms with Crippen LogP contribution in [0.3, 0.4) is 0 Å². The van der Waals surface area contributed by atoms with E-state index in [0.717, 1.165) is 29.7 Å². The van der Waals surface area contributed by atoms with Crippen LogP contribution in [0.1, 0.15) is 91.8 Å². The van der Waals surface area contributed by atoms with Gasteiger partial charge in [0.15, 0.2) is 0 Å². The molecule has 7 nitrogen and oxygen atoms in total. The molecule has 3 amide bonds. The molecule has 0 bridgehead atoms. The number of hydrogen-bond donors (Lipinski definition) is 2. The summed E-state index contributed by atoms with van der Waals surface area (Å²) in [6.07, 6.45) is 8.29. The first-order valence-electron chi connectivity index (χ1n) is 12.6. The van der Waals surface area contributed by atoms with E-state index in [1.54, 1.807) is 20.8 Å². The minimum Gasteiger partial charge on any atom is -0.444 e. The van der Waals surface area contributed by atoms with Gasteiger partial charge in [0.25, 0.3) is 5.91 Å². The standard InChI is InChI=1S/C28H43N3O4/c1-10-14-20(6)29-25(32)24(22-17-15-21(12-3)16-18-22)31(13-4)26(33)23(19(5)11-2)30-27(34)35-28(7,8)9/h4,15-20,23-24H,10-12,14H2,1-3,5-9H3,(H,29,32)(H,30,34). The first-order valence-corrected chi connectivity index (χ1v) is 12.6. The lowest BCUT2D eigenvalue weighted by atomic mass is 9.95. The van der Waals surface area contributed by atoms with Gasteiger partial charge in [-0.25, -0.2) is 4.79 Å². The molecule has 0 aliphatic heterocycles. The molecule has 7 heteroatoms. The Labute approximate surface area is 211 Å². The zero-order valence-corrected chi connectivity index (χ0v) is 22.6. The average molecular weight is 486 g/mol. The van der Waals surface area contributed by atoms with Crippen LogP contribution in [0.5, 0.6) is 0 Å². The molecule has 4 atom stereocenters. The molecule has 2 N–H and O–H groups in total. The number of benzene rings is 1. The molecule has 0 radical (unpaired) electrons. The van der Waals surface area contributed by atoms with Gasteiger partial charge in [0, 0.05) is 12.1 Å². The predicted octanol–water partition coefficient (Wildman–Crippen LogP) is 4.95. The van der Waals surface area contributed by atoms with Crippen molar-refractivity contribution in [3.05, 3.63) is 35.4 Å². The predicted molar refractivity (Wildman–Crippen MR) is 139 cm³/mol. The number of carbonyl (C=O) groups is 3. The Morgan fingerprint density at radius 2 is 1.66 bits per heavy atom. The summed E-state index contributed by atoms with van der Waals surface area (Å²) >= 11 is 0. The van der Waals surface area contributed by atoms with Crippen molar-refractivity contribution < 1.29 is 19.1 Å². The highest BCUT2D eigenvalue weighted by molar-refractivity contribution is 5.93. The van der Waals surface area contributed by atoms with Crippen LogP contribution in [0.4, 0.5) is 4.79 Å². The maximum absolute atomic E-state index is 13.8. The smallest absolute Gasteiger partial charge is 0.408 e. The summed E-state index contributed by atoms with van der Waals surface area (Å²) in [7, 11) is 0. The molecule has 0 aliphatic carbocycles. The van der Waals surface area contributed by atoms with E-state index in [1.165, 1.54) is 0 Å². The van der Waals surface area contributed by atoms with Gasteiger partial charge in [0.05, 0.1) is 0 Å². The number of terminal acetylenes is 1. The Morgan fingerprint density at radius 3 is 2.11 bits per heavy atom. The van der Waals surface area contributed by atoms with Crippen LogP contribution in [-0.4, -0.2) is 40.5 Å². The molecular formula is C28H43N3O4. The van der Waals surface area contributed by atoms with Crippen LogP contribution in [0, 0.1) is 18.4 Å². The molecule has 0 heterocycles. The van der Waals surface area contributed by atoms with Crippen LogP contribution in [0.2, 0.25) is 0 Å². The van der Waals surface area contributed by atoms with Crippen molar-refractivity contribution in [2.75, 3.05) is 0 Å². The molecule has 0 saturated carbocycles. The number of ether oxygens (including phenoxy) is 1. The second kappa shape index (κ2) is 13.8. The molecular weight excluding hydrogens is 442 g/mol. The van der Waals surface area contributed by atoms with Crippen LogP contribution in [-0.2, 0) is 20.7 Å². The van der Waals surface area contributed by atoms with Gasteiger partial charge in [-0.3, -0.25) is 14.5 Å². The maximum Gasteiger partial charge on any atom is 0.408 e. The van der Waals surface area contributed by atoms with Crippen molar-refractivity contribution in [1.82, 2.24) is 15.5 Å². The molecule has 1 aromatic rings. The molecule has 194 valence electrons. The van der Waals surface area contributed by atoms with E-state index in [4.69, 9.17) is 11.2 Å². The van der Waals surface area contributed by atoms with Gasteiger partial charge < -0.3 is 15.4 Å². The zero-order valence-electron chi connectivity index (χ0n) is 22.6. The highest BCUT2D eigenvalue weighted by Gasteiger charge is 2.38. The van der Waals surface area contributed by atoms with E-state index >= 15 is 0 Å². The number of amides is 3. The first kappa shape index (κ1) is 30.0. The van der Waals surface area contributed by atoms with Crippen LogP contribution < -0.4 is 10.6 Å². The second-order valence-corrected chi connectivity index (χ2v) is 10.0. The summed E-state index contributed by atoms with van der Waals surface area (Å²) in [5, 5.41) is 5.68. The number of nitrogens with one attached hydrogen (secondary N) is 2.